The summed E-state index contributed by atoms with van der Waals surface area (Å²) < 4.78 is 16.3. The minimum atomic E-state index is -0.833. The summed E-state index contributed by atoms with van der Waals surface area (Å²) in [7, 11) is 0. The molecule has 7 nitrogen and oxygen atoms in total. The summed E-state index contributed by atoms with van der Waals surface area (Å²) in [5.74, 6) is 3.60. The Balaban J connectivity index is 0.000000717. The van der Waals surface area contributed by atoms with Crippen molar-refractivity contribution in [2.45, 2.75) is 114 Å². The van der Waals surface area contributed by atoms with Gasteiger partial charge in [-0.1, -0.05) is 103 Å². The summed E-state index contributed by atoms with van der Waals surface area (Å²) in [5.41, 5.74) is 7.19. The predicted molar refractivity (Wildman–Crippen MR) is 226 cm³/mol. The number of carboxylic acids is 1. The number of rotatable bonds is 11. The van der Waals surface area contributed by atoms with E-state index in [9.17, 15) is 4.79 Å². The number of aldehydes is 1. The van der Waals surface area contributed by atoms with E-state index in [-0.39, 0.29) is 0 Å². The van der Waals surface area contributed by atoms with Crippen LogP contribution in [0.4, 0.5) is 0 Å². The van der Waals surface area contributed by atoms with E-state index in [4.69, 9.17) is 24.1 Å². The maximum absolute atomic E-state index is 10.8. The van der Waals surface area contributed by atoms with Gasteiger partial charge in [0, 0.05) is 19.5 Å². The third-order valence-electron chi connectivity index (χ3n) is 8.42. The number of hydrogen-bond donors (Lipinski definition) is 1. The van der Waals surface area contributed by atoms with E-state index in [0.717, 1.165) is 75.0 Å². The molecule has 53 heavy (non-hydrogen) atoms. The number of fused-ring (bicyclic) bond motifs is 1. The number of carbonyl (C=O) groups excluding carboxylic acids is 1. The van der Waals surface area contributed by atoms with Gasteiger partial charge in [0.05, 0.1) is 13.2 Å². The number of benzene rings is 3. The van der Waals surface area contributed by atoms with E-state index >= 15 is 0 Å². The highest BCUT2D eigenvalue weighted by atomic mass is 32.2. The Labute approximate surface area is 327 Å². The van der Waals surface area contributed by atoms with Gasteiger partial charge in [0.25, 0.3) is 5.97 Å². The molecule has 2 atom stereocenters. The molecule has 1 saturated heterocycles. The molecule has 0 spiro atoms. The molecule has 2 heterocycles. The number of hydrogen-bond acceptors (Lipinski definition) is 7. The third-order valence-corrected chi connectivity index (χ3v) is 9.12. The second-order valence-electron chi connectivity index (χ2n) is 12.8. The molecule has 8 heteroatoms. The summed E-state index contributed by atoms with van der Waals surface area (Å²) >= 11 is 1.85. The molecule has 0 bridgehead atoms. The first-order chi connectivity index (χ1) is 25.5. The Morgan fingerprint density at radius 1 is 0.925 bits per heavy atom. The topological polar surface area (TPSA) is 85.3 Å². The first-order valence-electron chi connectivity index (χ1n) is 19.6. The zero-order valence-corrected chi connectivity index (χ0v) is 35.7. The van der Waals surface area contributed by atoms with Crippen molar-refractivity contribution in [1.29, 1.82) is 0 Å². The number of carbonyl (C=O) groups is 2. The van der Waals surface area contributed by atoms with Gasteiger partial charge in [0.1, 0.15) is 25.2 Å². The highest BCUT2D eigenvalue weighted by Gasteiger charge is 2.30. The normalized spacial score (nSPS) is 15.2. The molecule has 2 aliphatic rings. The van der Waals surface area contributed by atoms with Gasteiger partial charge in [0.15, 0.2) is 11.5 Å². The molecule has 5 rings (SSSR count). The van der Waals surface area contributed by atoms with Crippen LogP contribution >= 0.6 is 11.8 Å². The summed E-state index contributed by atoms with van der Waals surface area (Å²) in [6, 6.07) is 21.1. The fourth-order valence-electron chi connectivity index (χ4n) is 5.70. The van der Waals surface area contributed by atoms with Crippen LogP contribution in [0.5, 0.6) is 17.2 Å². The zero-order chi connectivity index (χ0) is 40.0. The fourth-order valence-corrected chi connectivity index (χ4v) is 6.10. The number of likely N-dealkylation sites (tertiary alicyclic amines) is 1. The molecule has 3 aromatic rings. The Bertz CT molecular complexity index is 1320. The van der Waals surface area contributed by atoms with Crippen molar-refractivity contribution in [3.8, 4) is 17.2 Å². The van der Waals surface area contributed by atoms with Gasteiger partial charge in [0.2, 0.25) is 0 Å². The van der Waals surface area contributed by atoms with E-state index < -0.39 is 5.97 Å². The molecule has 0 aromatic heterocycles. The SMILES string of the molecule is CC.CC(=O)O.CCCC.CCc1cc(C)cc(CC)c1C.CSCCCOc1ccc(C2CC(C)CN2CC=O)cc1.c1ccc2c(c1)OCCO2. The van der Waals surface area contributed by atoms with Gasteiger partial charge < -0.3 is 24.1 Å². The van der Waals surface area contributed by atoms with Crippen molar-refractivity contribution in [2.24, 2.45) is 5.92 Å². The van der Waals surface area contributed by atoms with Crippen molar-refractivity contribution in [1.82, 2.24) is 4.90 Å². The highest BCUT2D eigenvalue weighted by Crippen LogP contribution is 2.35. The first kappa shape index (κ1) is 49.5. The molecule has 1 fully saturated rings. The average Bonchev–Trinajstić information content (AvgIpc) is 3.55. The molecule has 3 aromatic carbocycles. The number of thioether (sulfide) groups is 1. The lowest BCUT2D eigenvalue weighted by molar-refractivity contribution is -0.134. The van der Waals surface area contributed by atoms with Crippen LogP contribution in [0.3, 0.4) is 0 Å². The summed E-state index contributed by atoms with van der Waals surface area (Å²) in [6.45, 7) is 24.2. The van der Waals surface area contributed by atoms with Crippen LogP contribution < -0.4 is 14.2 Å². The molecule has 2 aliphatic heterocycles. The summed E-state index contributed by atoms with van der Waals surface area (Å²) in [4.78, 5) is 22.1. The Kier molecular flexibility index (Phi) is 28.9. The Hall–Kier alpha value is -3.49. The van der Waals surface area contributed by atoms with Crippen molar-refractivity contribution in [2.75, 3.05) is 44.9 Å². The lowest BCUT2D eigenvalue weighted by atomic mass is 9.96. The van der Waals surface area contributed by atoms with Crippen LogP contribution in [0.25, 0.3) is 0 Å². The van der Waals surface area contributed by atoms with Crippen LogP contribution in [0, 0.1) is 19.8 Å². The molecular weight excluding hydrogens is 683 g/mol. The van der Waals surface area contributed by atoms with Crippen molar-refractivity contribution in [3.63, 3.8) is 0 Å². The predicted octanol–water partition coefficient (Wildman–Crippen LogP) is 11.2. The zero-order valence-electron chi connectivity index (χ0n) is 34.8. The largest absolute Gasteiger partial charge is 0.494 e. The minimum Gasteiger partial charge on any atom is -0.494 e. The van der Waals surface area contributed by atoms with Gasteiger partial charge in [-0.2, -0.15) is 11.8 Å². The smallest absolute Gasteiger partial charge is 0.300 e. The molecule has 298 valence electrons. The number of aliphatic carboxylic acids is 1. The number of para-hydroxylation sites is 2. The van der Waals surface area contributed by atoms with E-state index in [2.05, 4.69) is 96.0 Å². The molecular formula is C45H71NO6S. The number of unbranched alkanes of at least 4 members (excludes halogenated alkanes) is 1. The highest BCUT2D eigenvalue weighted by molar-refractivity contribution is 7.98. The van der Waals surface area contributed by atoms with Crippen LogP contribution in [0.1, 0.15) is 115 Å². The van der Waals surface area contributed by atoms with Crippen molar-refractivity contribution in [3.05, 3.63) is 88.5 Å². The van der Waals surface area contributed by atoms with Crippen molar-refractivity contribution >= 4 is 24.0 Å². The number of aryl methyl sites for hydroxylation is 3. The second-order valence-corrected chi connectivity index (χ2v) is 13.8. The van der Waals surface area contributed by atoms with Gasteiger partial charge >= 0.3 is 0 Å². The third kappa shape index (κ3) is 21.1. The fraction of sp³-hybridized carbons (Fsp3) is 0.556. The molecule has 0 aliphatic carbocycles. The van der Waals surface area contributed by atoms with Crippen LogP contribution in [0.15, 0.2) is 60.7 Å². The molecule has 0 amide bonds. The molecule has 0 saturated carbocycles. The monoisotopic (exact) mass is 754 g/mol. The van der Waals surface area contributed by atoms with Gasteiger partial charge in [-0.15, -0.1) is 0 Å². The van der Waals surface area contributed by atoms with E-state index in [1.165, 1.54) is 40.7 Å². The summed E-state index contributed by atoms with van der Waals surface area (Å²) in [6.07, 6.45) is 10.3. The average molecular weight is 754 g/mol. The van der Waals surface area contributed by atoms with Crippen LogP contribution in [0.2, 0.25) is 0 Å². The van der Waals surface area contributed by atoms with Crippen molar-refractivity contribution < 1.29 is 28.9 Å². The first-order valence-corrected chi connectivity index (χ1v) is 21.0. The maximum Gasteiger partial charge on any atom is 0.300 e. The Morgan fingerprint density at radius 3 is 1.87 bits per heavy atom. The quantitative estimate of drug-likeness (QED) is 0.153. The molecule has 1 N–H and O–H groups in total. The number of nitrogens with zero attached hydrogens (tertiary/aromatic N) is 1. The minimum absolute atomic E-state index is 0.371. The summed E-state index contributed by atoms with van der Waals surface area (Å²) in [5, 5.41) is 7.42. The second kappa shape index (κ2) is 30.9. The van der Waals surface area contributed by atoms with Gasteiger partial charge in [-0.3, -0.25) is 9.69 Å². The lowest BCUT2D eigenvalue weighted by Gasteiger charge is -2.22. The Morgan fingerprint density at radius 2 is 1.43 bits per heavy atom. The van der Waals surface area contributed by atoms with Gasteiger partial charge in [-0.05, 0) is 104 Å². The standard InChI is InChI=1S/C17H25NO2S.C12H18.C8H8O2.C4H10.C2H4O2.C2H6/c1-14-12-17(18(13-14)8-9-19)15-4-6-16(7-5-15)20-10-3-11-21-2;1-5-11-7-9(3)8-12(6-2)10(11)4;1-2-4-8-7(3-1)9-5-6-10-8;1-3-4-2;1-2(3)4;1-2/h4-7,9,14,17H,3,8,10-13H2,1-2H3;7-8H,5-6H2,1-4H3;1-4H,5-6H2;3-4H2,1-2H3;1H3,(H,3,4);1-2H3. The van der Waals surface area contributed by atoms with Gasteiger partial charge in [-0.25, -0.2) is 0 Å². The maximum atomic E-state index is 10.8. The van der Waals surface area contributed by atoms with Crippen LogP contribution in [-0.4, -0.2) is 67.2 Å². The lowest BCUT2D eigenvalue weighted by Crippen LogP contribution is -2.25. The number of carboxylic acid groups (broad SMARTS) is 1. The number of ether oxygens (including phenoxy) is 3. The van der Waals surface area contributed by atoms with E-state index in [0.29, 0.717) is 31.7 Å². The molecule has 2 unspecified atom stereocenters. The van der Waals surface area contributed by atoms with Crippen LogP contribution in [-0.2, 0) is 22.4 Å². The molecule has 0 radical (unpaired) electrons. The van der Waals surface area contributed by atoms with E-state index in [1.807, 2.05) is 49.9 Å². The van der Waals surface area contributed by atoms with E-state index in [1.54, 1.807) is 0 Å².